The fourth-order valence-corrected chi connectivity index (χ4v) is 8.01. The molecule has 1 saturated heterocycles. The Bertz CT molecular complexity index is 1870. The number of thiazole rings is 1. The number of aryl methyl sites for hydroxylation is 1. The van der Waals surface area contributed by atoms with Gasteiger partial charge in [-0.15, -0.1) is 0 Å². The smallest absolute Gasteiger partial charge is 0.418 e. The van der Waals surface area contributed by atoms with Crippen molar-refractivity contribution < 1.29 is 37.0 Å². The molecule has 45 heavy (non-hydrogen) atoms. The molecule has 0 saturated carbocycles. The zero-order valence-electron chi connectivity index (χ0n) is 23.6. The van der Waals surface area contributed by atoms with Gasteiger partial charge < -0.3 is 19.8 Å². The van der Waals surface area contributed by atoms with Crippen molar-refractivity contribution in [3.8, 4) is 11.5 Å². The molecule has 2 N–H and O–H groups in total. The van der Waals surface area contributed by atoms with Crippen LogP contribution in [0.1, 0.15) is 27.5 Å². The molecule has 232 valence electrons. The molecular weight excluding hydrogens is 631 g/mol. The zero-order chi connectivity index (χ0) is 32.0. The molecule has 0 spiro atoms. The van der Waals surface area contributed by atoms with Gasteiger partial charge in [0.15, 0.2) is 18.1 Å². The summed E-state index contributed by atoms with van der Waals surface area (Å²) in [6.07, 6.45) is -4.80. The van der Waals surface area contributed by atoms with Crippen LogP contribution in [0, 0.1) is 12.8 Å². The van der Waals surface area contributed by atoms with Crippen LogP contribution in [0.25, 0.3) is 0 Å². The van der Waals surface area contributed by atoms with E-state index < -0.39 is 57.1 Å². The molecular formula is C31H24F3N3O6S2. The number of H-pyrrole nitrogens is 1. The lowest BCUT2D eigenvalue weighted by molar-refractivity contribution is -0.137. The fraction of sp³-hybridized carbons (Fsp3) is 0.226. The largest absolute Gasteiger partial charge is 0.493 e. The van der Waals surface area contributed by atoms with E-state index in [2.05, 4.69) is 10.3 Å². The number of halogens is 3. The average molecular weight is 656 g/mol. The molecule has 9 nitrogen and oxygen atoms in total. The second-order valence-corrected chi connectivity index (χ2v) is 12.6. The summed E-state index contributed by atoms with van der Waals surface area (Å²) in [4.78, 5) is 55.8. The highest BCUT2D eigenvalue weighted by Gasteiger charge is 2.57. The number of methoxy groups -OCH3 is 1. The topological polar surface area (TPSA) is 118 Å². The number of nitrogens with one attached hydrogen (secondary N) is 2. The van der Waals surface area contributed by atoms with E-state index >= 15 is 0 Å². The number of thioether (sulfide) groups is 1. The number of para-hydroxylation sites is 1. The summed E-state index contributed by atoms with van der Waals surface area (Å²) in [6.45, 7) is 1.59. The Morgan fingerprint density at radius 2 is 1.73 bits per heavy atom. The van der Waals surface area contributed by atoms with E-state index in [9.17, 15) is 32.3 Å². The van der Waals surface area contributed by atoms with Crippen LogP contribution in [0.15, 0.2) is 76.6 Å². The molecule has 6 rings (SSSR count). The molecule has 2 aliphatic rings. The molecule has 3 aromatic carbocycles. The van der Waals surface area contributed by atoms with E-state index in [1.54, 1.807) is 24.3 Å². The predicted octanol–water partition coefficient (Wildman–Crippen LogP) is 5.59. The van der Waals surface area contributed by atoms with Crippen molar-refractivity contribution in [2.45, 2.75) is 29.3 Å². The van der Waals surface area contributed by atoms with Crippen LogP contribution in [0.2, 0.25) is 0 Å². The summed E-state index contributed by atoms with van der Waals surface area (Å²) >= 11 is 1.82. The number of carbonyl (C=O) groups excluding carboxylic acids is 3. The Balaban J connectivity index is 1.32. The normalized spacial score (nSPS) is 19.2. The number of alkyl halides is 3. The van der Waals surface area contributed by atoms with Gasteiger partial charge in [-0.1, -0.05) is 59.0 Å². The Kier molecular flexibility index (Phi) is 7.95. The van der Waals surface area contributed by atoms with Gasteiger partial charge in [-0.25, -0.2) is 4.90 Å². The number of benzene rings is 3. The Morgan fingerprint density at radius 3 is 2.44 bits per heavy atom. The number of hydrogen-bond donors (Lipinski definition) is 2. The molecule has 0 aliphatic carbocycles. The third-order valence-corrected chi connectivity index (χ3v) is 9.92. The summed E-state index contributed by atoms with van der Waals surface area (Å²) in [5, 5.41) is 2.02. The first-order valence-electron chi connectivity index (χ1n) is 13.6. The molecule has 3 atom stereocenters. The van der Waals surface area contributed by atoms with Crippen LogP contribution in [0.5, 0.6) is 11.5 Å². The number of hydrogen-bond acceptors (Lipinski definition) is 8. The first-order valence-corrected chi connectivity index (χ1v) is 15.3. The number of amides is 3. The Morgan fingerprint density at radius 1 is 1.00 bits per heavy atom. The third kappa shape index (κ3) is 5.71. The number of fused-ring (bicyclic) bond motifs is 2. The highest BCUT2D eigenvalue weighted by Crippen LogP contribution is 2.54. The number of carbonyl (C=O) groups is 3. The number of imide groups is 1. The van der Waals surface area contributed by atoms with Crippen molar-refractivity contribution in [1.82, 2.24) is 4.98 Å². The minimum atomic E-state index is -4.80. The van der Waals surface area contributed by atoms with Crippen LogP contribution >= 0.6 is 23.1 Å². The summed E-state index contributed by atoms with van der Waals surface area (Å²) < 4.78 is 52.9. The standard InChI is InChI=1S/C31H24F3N3O6S2/c1-15-7-10-17(11-8-15)35-22(38)14-43-20-12-9-16(13-21(20)42-2)23-24-26(44-27-25(23)45-30(41)36-27)29(40)37(28(24)39)19-6-4-3-5-18(19)31(32,33)34/h3-13,23-24,26H,14H2,1-2H3,(H,35,38)(H,36,41)/t23-,24-,26+/m0/s1. The summed E-state index contributed by atoms with van der Waals surface area (Å²) in [6, 6.07) is 16.4. The quantitative estimate of drug-likeness (QED) is 0.250. The highest BCUT2D eigenvalue weighted by molar-refractivity contribution is 8.00. The van der Waals surface area contributed by atoms with E-state index in [0.717, 1.165) is 40.8 Å². The van der Waals surface area contributed by atoms with Gasteiger partial charge >= 0.3 is 11.0 Å². The molecule has 14 heteroatoms. The first kappa shape index (κ1) is 30.5. The zero-order valence-corrected chi connectivity index (χ0v) is 25.3. The van der Waals surface area contributed by atoms with E-state index in [4.69, 9.17) is 9.47 Å². The summed E-state index contributed by atoms with van der Waals surface area (Å²) in [7, 11) is 1.39. The molecule has 1 fully saturated rings. The molecule has 0 unspecified atom stereocenters. The van der Waals surface area contributed by atoms with Gasteiger partial charge in [0.1, 0.15) is 5.25 Å². The van der Waals surface area contributed by atoms with Gasteiger partial charge in [-0.05, 0) is 48.9 Å². The number of rotatable bonds is 7. The molecule has 0 bridgehead atoms. The number of nitrogens with zero attached hydrogens (tertiary/aromatic N) is 1. The van der Waals surface area contributed by atoms with Crippen molar-refractivity contribution in [2.24, 2.45) is 5.92 Å². The van der Waals surface area contributed by atoms with Gasteiger partial charge in [-0.2, -0.15) is 13.2 Å². The summed E-state index contributed by atoms with van der Waals surface area (Å²) in [5.41, 5.74) is 0.464. The SMILES string of the molecule is COc1cc([C@@H]2c3sc(=O)[nH]c3S[C@H]3C(=O)N(c4ccccc4C(F)(F)F)C(=O)[C@@H]23)ccc1OCC(=O)Nc1ccc(C)cc1. The lowest BCUT2D eigenvalue weighted by atomic mass is 9.83. The molecule has 2 aliphatic heterocycles. The van der Waals surface area contributed by atoms with Crippen molar-refractivity contribution in [3.63, 3.8) is 0 Å². The molecule has 3 heterocycles. The van der Waals surface area contributed by atoms with Gasteiger partial charge in [0.25, 0.3) is 5.91 Å². The molecule has 0 radical (unpaired) electrons. The Labute approximate surface area is 262 Å². The maximum absolute atomic E-state index is 13.9. The monoisotopic (exact) mass is 655 g/mol. The number of aromatic nitrogens is 1. The first-order chi connectivity index (χ1) is 21.5. The average Bonchev–Trinajstić information content (AvgIpc) is 3.50. The van der Waals surface area contributed by atoms with Gasteiger partial charge in [0.05, 0.1) is 29.3 Å². The van der Waals surface area contributed by atoms with Gasteiger partial charge in [-0.3, -0.25) is 19.2 Å². The van der Waals surface area contributed by atoms with E-state index in [1.807, 2.05) is 19.1 Å². The molecule has 4 aromatic rings. The minimum absolute atomic E-state index is 0.214. The molecule has 3 amide bonds. The van der Waals surface area contributed by atoms with Crippen LogP contribution in [0.3, 0.4) is 0 Å². The molecule has 1 aromatic heterocycles. The van der Waals surface area contributed by atoms with Crippen LogP contribution in [0.4, 0.5) is 24.5 Å². The van der Waals surface area contributed by atoms with Crippen LogP contribution in [-0.2, 0) is 20.6 Å². The van der Waals surface area contributed by atoms with Crippen molar-refractivity contribution in [1.29, 1.82) is 0 Å². The van der Waals surface area contributed by atoms with Gasteiger partial charge in [0, 0.05) is 16.5 Å². The lowest BCUT2D eigenvalue weighted by Gasteiger charge is -2.30. The maximum atomic E-state index is 13.9. The van der Waals surface area contributed by atoms with Crippen molar-refractivity contribution >= 4 is 52.2 Å². The Hall–Kier alpha value is -4.56. The van der Waals surface area contributed by atoms with E-state index in [1.165, 1.54) is 25.3 Å². The fourth-order valence-electron chi connectivity index (χ4n) is 5.50. The minimum Gasteiger partial charge on any atom is -0.493 e. The number of ether oxygens (including phenoxy) is 2. The van der Waals surface area contributed by atoms with Crippen molar-refractivity contribution in [3.05, 3.63) is 98.0 Å². The second kappa shape index (κ2) is 11.7. The summed E-state index contributed by atoms with van der Waals surface area (Å²) in [5.74, 6) is -3.56. The predicted molar refractivity (Wildman–Crippen MR) is 162 cm³/mol. The number of aromatic amines is 1. The van der Waals surface area contributed by atoms with Crippen molar-refractivity contribution in [2.75, 3.05) is 23.9 Å². The van der Waals surface area contributed by atoms with E-state index in [0.29, 0.717) is 26.1 Å². The third-order valence-electron chi connectivity index (χ3n) is 7.52. The van der Waals surface area contributed by atoms with Crippen LogP contribution in [-0.4, -0.2) is 41.7 Å². The van der Waals surface area contributed by atoms with Crippen LogP contribution < -0.4 is 24.6 Å². The lowest BCUT2D eigenvalue weighted by Crippen LogP contribution is -2.33. The number of anilines is 2. The van der Waals surface area contributed by atoms with Gasteiger partial charge in [0.2, 0.25) is 11.8 Å². The van der Waals surface area contributed by atoms with E-state index in [-0.39, 0.29) is 18.1 Å². The maximum Gasteiger partial charge on any atom is 0.418 e. The highest BCUT2D eigenvalue weighted by atomic mass is 32.2. The second-order valence-electron chi connectivity index (χ2n) is 10.4.